The van der Waals surface area contributed by atoms with Crippen molar-refractivity contribution in [1.29, 1.82) is 0 Å². The van der Waals surface area contributed by atoms with Gasteiger partial charge in [0.25, 0.3) is 0 Å². The van der Waals surface area contributed by atoms with E-state index >= 15 is 0 Å². The Labute approximate surface area is 89.0 Å². The van der Waals surface area contributed by atoms with Crippen molar-refractivity contribution >= 4 is 27.6 Å². The van der Waals surface area contributed by atoms with Crippen molar-refractivity contribution in [3.05, 3.63) is 23.2 Å². The number of aromatic nitrogens is 1. The second kappa shape index (κ2) is 3.74. The predicted octanol–water partition coefficient (Wildman–Crippen LogP) is 1.77. The Balaban J connectivity index is 2.27. The monoisotopic (exact) mass is 224 g/mol. The molecule has 0 spiro atoms. The Morgan fingerprint density at radius 1 is 1.53 bits per heavy atom. The van der Waals surface area contributed by atoms with E-state index in [2.05, 4.69) is 10.3 Å². The lowest BCUT2D eigenvalue weighted by molar-refractivity contribution is 0.194. The van der Waals surface area contributed by atoms with Gasteiger partial charge in [0, 0.05) is 6.07 Å². The summed E-state index contributed by atoms with van der Waals surface area (Å²) in [6.07, 6.45) is -1.07. The van der Waals surface area contributed by atoms with Gasteiger partial charge in [-0.25, -0.2) is 9.78 Å². The van der Waals surface area contributed by atoms with Gasteiger partial charge in [0.2, 0.25) is 0 Å². The van der Waals surface area contributed by atoms with Crippen molar-refractivity contribution in [3.63, 3.8) is 0 Å². The summed E-state index contributed by atoms with van der Waals surface area (Å²) in [6, 6.07) is 4.89. The SMILES string of the molecule is O=C(O)NCc1nc2cc(O)ccc2s1. The molecule has 0 aliphatic carbocycles. The molecule has 78 valence electrons. The van der Waals surface area contributed by atoms with E-state index in [0.29, 0.717) is 10.5 Å². The van der Waals surface area contributed by atoms with Crippen LogP contribution in [0, 0.1) is 0 Å². The molecule has 0 aliphatic heterocycles. The van der Waals surface area contributed by atoms with Crippen LogP contribution in [0.1, 0.15) is 5.01 Å². The van der Waals surface area contributed by atoms with Crippen LogP contribution in [0.15, 0.2) is 18.2 Å². The number of thiazole rings is 1. The molecular weight excluding hydrogens is 216 g/mol. The molecule has 0 atom stereocenters. The van der Waals surface area contributed by atoms with E-state index in [9.17, 15) is 9.90 Å². The van der Waals surface area contributed by atoms with Crippen LogP contribution in [0.2, 0.25) is 0 Å². The largest absolute Gasteiger partial charge is 0.508 e. The molecule has 1 aromatic carbocycles. The molecule has 0 aliphatic rings. The van der Waals surface area contributed by atoms with Crippen LogP contribution in [0.4, 0.5) is 4.79 Å². The van der Waals surface area contributed by atoms with E-state index in [-0.39, 0.29) is 12.3 Å². The Morgan fingerprint density at radius 3 is 3.07 bits per heavy atom. The molecule has 0 radical (unpaired) electrons. The number of phenolic OH excluding ortho intramolecular Hbond substituents is 1. The number of amides is 1. The summed E-state index contributed by atoms with van der Waals surface area (Å²) in [5.41, 5.74) is 0.683. The zero-order chi connectivity index (χ0) is 10.8. The third-order valence-corrected chi connectivity index (χ3v) is 2.84. The minimum Gasteiger partial charge on any atom is -0.508 e. The number of hydrogen-bond acceptors (Lipinski definition) is 4. The van der Waals surface area contributed by atoms with Gasteiger partial charge in [-0.3, -0.25) is 0 Å². The topological polar surface area (TPSA) is 82.5 Å². The zero-order valence-electron chi connectivity index (χ0n) is 7.60. The summed E-state index contributed by atoms with van der Waals surface area (Å²) >= 11 is 1.40. The lowest BCUT2D eigenvalue weighted by atomic mass is 10.3. The summed E-state index contributed by atoms with van der Waals surface area (Å²) in [7, 11) is 0. The fraction of sp³-hybridized carbons (Fsp3) is 0.111. The minimum atomic E-state index is -1.07. The smallest absolute Gasteiger partial charge is 0.405 e. The molecule has 6 heteroatoms. The van der Waals surface area contributed by atoms with Crippen LogP contribution in [-0.4, -0.2) is 21.3 Å². The van der Waals surface area contributed by atoms with Crippen molar-refractivity contribution in [3.8, 4) is 5.75 Å². The summed E-state index contributed by atoms with van der Waals surface area (Å²) in [5, 5.41) is 20.6. The fourth-order valence-electron chi connectivity index (χ4n) is 1.19. The molecule has 2 aromatic rings. The number of carboxylic acid groups (broad SMARTS) is 1. The van der Waals surface area contributed by atoms with Crippen LogP contribution in [0.3, 0.4) is 0 Å². The van der Waals surface area contributed by atoms with Gasteiger partial charge in [-0.2, -0.15) is 0 Å². The van der Waals surface area contributed by atoms with E-state index in [0.717, 1.165) is 4.70 Å². The van der Waals surface area contributed by atoms with Crippen LogP contribution in [0.5, 0.6) is 5.75 Å². The second-order valence-electron chi connectivity index (χ2n) is 2.92. The molecular formula is C9H8N2O3S. The summed E-state index contributed by atoms with van der Waals surface area (Å²) in [6.45, 7) is 0.190. The number of aromatic hydroxyl groups is 1. The van der Waals surface area contributed by atoms with Crippen molar-refractivity contribution < 1.29 is 15.0 Å². The lowest BCUT2D eigenvalue weighted by Gasteiger charge is -1.93. The van der Waals surface area contributed by atoms with Crippen molar-refractivity contribution in [2.24, 2.45) is 0 Å². The third kappa shape index (κ3) is 2.16. The van der Waals surface area contributed by atoms with Gasteiger partial charge in [-0.1, -0.05) is 0 Å². The highest BCUT2D eigenvalue weighted by molar-refractivity contribution is 7.18. The van der Waals surface area contributed by atoms with Crippen LogP contribution < -0.4 is 5.32 Å². The van der Waals surface area contributed by atoms with Crippen LogP contribution >= 0.6 is 11.3 Å². The first-order valence-corrected chi connectivity index (χ1v) is 5.02. The first-order valence-electron chi connectivity index (χ1n) is 4.20. The van der Waals surface area contributed by atoms with Crippen molar-refractivity contribution in [2.45, 2.75) is 6.54 Å². The van der Waals surface area contributed by atoms with Gasteiger partial charge in [-0.15, -0.1) is 11.3 Å². The molecule has 5 nitrogen and oxygen atoms in total. The Morgan fingerprint density at radius 2 is 2.33 bits per heavy atom. The minimum absolute atomic E-state index is 0.158. The maximum absolute atomic E-state index is 10.3. The quantitative estimate of drug-likeness (QED) is 0.726. The van der Waals surface area contributed by atoms with Crippen molar-refractivity contribution in [1.82, 2.24) is 10.3 Å². The second-order valence-corrected chi connectivity index (χ2v) is 4.03. The molecule has 0 bridgehead atoms. The first kappa shape index (κ1) is 9.72. The standard InChI is InChI=1S/C9H8N2O3S/c12-5-1-2-7-6(3-5)11-8(15-7)4-10-9(13)14/h1-3,10,12H,4H2,(H,13,14). The van der Waals surface area contributed by atoms with E-state index in [1.165, 1.54) is 11.3 Å². The molecule has 0 saturated carbocycles. The average molecular weight is 224 g/mol. The maximum atomic E-state index is 10.3. The summed E-state index contributed by atoms with van der Waals surface area (Å²) in [4.78, 5) is 14.4. The number of nitrogens with zero attached hydrogens (tertiary/aromatic N) is 1. The first-order chi connectivity index (χ1) is 7.15. The highest BCUT2D eigenvalue weighted by Crippen LogP contribution is 2.25. The van der Waals surface area contributed by atoms with Gasteiger partial charge in [0.1, 0.15) is 10.8 Å². The lowest BCUT2D eigenvalue weighted by Crippen LogP contribution is -2.19. The van der Waals surface area contributed by atoms with Gasteiger partial charge >= 0.3 is 6.09 Å². The van der Waals surface area contributed by atoms with E-state index in [4.69, 9.17) is 5.11 Å². The molecule has 0 fully saturated rings. The van der Waals surface area contributed by atoms with E-state index < -0.39 is 6.09 Å². The van der Waals surface area contributed by atoms with Gasteiger partial charge in [-0.05, 0) is 12.1 Å². The Kier molecular flexibility index (Phi) is 2.42. The summed E-state index contributed by atoms with van der Waals surface area (Å²) < 4.78 is 0.926. The third-order valence-electron chi connectivity index (χ3n) is 1.81. The van der Waals surface area contributed by atoms with Crippen LogP contribution in [-0.2, 0) is 6.54 Å². The molecule has 15 heavy (non-hydrogen) atoms. The zero-order valence-corrected chi connectivity index (χ0v) is 8.41. The van der Waals surface area contributed by atoms with Crippen LogP contribution in [0.25, 0.3) is 10.2 Å². The number of rotatable bonds is 2. The molecule has 1 aromatic heterocycles. The molecule has 0 saturated heterocycles. The molecule has 1 amide bonds. The number of benzene rings is 1. The number of nitrogens with one attached hydrogen (secondary N) is 1. The molecule has 3 N–H and O–H groups in total. The molecule has 1 heterocycles. The number of phenols is 1. The summed E-state index contributed by atoms with van der Waals surface area (Å²) in [5.74, 6) is 0.158. The number of hydrogen-bond donors (Lipinski definition) is 3. The van der Waals surface area contributed by atoms with Gasteiger partial charge in [0.05, 0.1) is 16.8 Å². The van der Waals surface area contributed by atoms with E-state index in [1.54, 1.807) is 18.2 Å². The Bertz CT molecular complexity index is 509. The molecule has 0 unspecified atom stereocenters. The predicted molar refractivity (Wildman–Crippen MR) is 56.1 cm³/mol. The fourth-order valence-corrected chi connectivity index (χ4v) is 2.08. The highest BCUT2D eigenvalue weighted by atomic mass is 32.1. The van der Waals surface area contributed by atoms with Gasteiger partial charge in [0.15, 0.2) is 0 Å². The molecule has 2 rings (SSSR count). The number of carbonyl (C=O) groups is 1. The number of fused-ring (bicyclic) bond motifs is 1. The van der Waals surface area contributed by atoms with Crippen molar-refractivity contribution in [2.75, 3.05) is 0 Å². The normalized spacial score (nSPS) is 10.4. The Hall–Kier alpha value is -1.82. The maximum Gasteiger partial charge on any atom is 0.405 e. The average Bonchev–Trinajstić information content (AvgIpc) is 2.56. The highest BCUT2D eigenvalue weighted by Gasteiger charge is 2.05. The van der Waals surface area contributed by atoms with E-state index in [1.807, 2.05) is 0 Å². The van der Waals surface area contributed by atoms with Gasteiger partial charge < -0.3 is 15.5 Å².